The molecule has 0 radical (unpaired) electrons. The van der Waals surface area contributed by atoms with Crippen molar-refractivity contribution < 1.29 is 22.3 Å². The molecule has 0 spiro atoms. The van der Waals surface area contributed by atoms with E-state index in [-0.39, 0.29) is 9.78 Å². The first kappa shape index (κ1) is 10.3. The molecule has 0 saturated heterocycles. The number of nitrogens with zero attached hydrogens (tertiary/aromatic N) is 3. The van der Waals surface area contributed by atoms with Crippen molar-refractivity contribution in [1.29, 1.82) is 0 Å². The summed E-state index contributed by atoms with van der Waals surface area (Å²) in [5, 5.41) is 6.15. The van der Waals surface area contributed by atoms with Crippen LogP contribution in [0.15, 0.2) is 6.20 Å². The predicted octanol–water partition coefficient (Wildman–Crippen LogP) is 1.62. The Morgan fingerprint density at radius 2 is 2.00 bits per heavy atom. The highest BCUT2D eigenvalue weighted by Gasteiger charge is 2.48. The van der Waals surface area contributed by atoms with Crippen LogP contribution in [0.2, 0.25) is 0 Å². The molecule has 1 heterocycles. The summed E-state index contributed by atoms with van der Waals surface area (Å²) in [6.45, 7) is 1.38. The Balaban J connectivity index is 3.07. The van der Waals surface area contributed by atoms with E-state index in [0.29, 0.717) is 0 Å². The molecule has 0 bridgehead atoms. The minimum absolute atomic E-state index is 0.0162. The minimum Gasteiger partial charge on any atom is -0.273 e. The lowest BCUT2D eigenvalue weighted by atomic mass is 10.6. The molecule has 0 fully saturated rings. The molecule has 76 valence electrons. The zero-order valence-corrected chi connectivity index (χ0v) is 7.17. The zero-order valence-electron chi connectivity index (χ0n) is 6.36. The molecule has 1 rings (SSSR count). The van der Waals surface area contributed by atoms with E-state index in [0.717, 1.165) is 6.20 Å². The third kappa shape index (κ3) is 1.76. The molecule has 2 N–H and O–H groups in total. The number of alkyl halides is 3. The average molecular weight is 217 g/mol. The molecular formula is C4H6F3N3O2S. The highest BCUT2D eigenvalue weighted by molar-refractivity contribution is 8.23. The highest BCUT2D eigenvalue weighted by atomic mass is 32.3. The third-order valence-corrected chi connectivity index (χ3v) is 2.48. The number of rotatable bonds is 1. The third-order valence-electron chi connectivity index (χ3n) is 1.16. The van der Waals surface area contributed by atoms with Crippen LogP contribution in [0.5, 0.6) is 0 Å². The van der Waals surface area contributed by atoms with Gasteiger partial charge in [0, 0.05) is 0 Å². The maximum absolute atomic E-state index is 12.0. The fraction of sp³-hybridized carbons (Fsp3) is 0.500. The van der Waals surface area contributed by atoms with Crippen molar-refractivity contribution in [3.8, 4) is 0 Å². The Labute approximate surface area is 72.7 Å². The lowest BCUT2D eigenvalue weighted by Crippen LogP contribution is -2.26. The van der Waals surface area contributed by atoms with E-state index in [1.807, 2.05) is 0 Å². The number of aromatic nitrogens is 3. The summed E-state index contributed by atoms with van der Waals surface area (Å²) in [5.41, 5.74) is -4.96. The molecule has 0 aliphatic heterocycles. The van der Waals surface area contributed by atoms with Crippen molar-refractivity contribution in [2.45, 2.75) is 12.4 Å². The van der Waals surface area contributed by atoms with E-state index in [4.69, 9.17) is 9.11 Å². The van der Waals surface area contributed by atoms with Crippen molar-refractivity contribution in [1.82, 2.24) is 14.4 Å². The van der Waals surface area contributed by atoms with Crippen LogP contribution in [0, 0.1) is 6.92 Å². The lowest BCUT2D eigenvalue weighted by molar-refractivity contribution is -0.0545. The van der Waals surface area contributed by atoms with Crippen molar-refractivity contribution in [2.75, 3.05) is 0 Å². The molecule has 0 amide bonds. The van der Waals surface area contributed by atoms with Crippen LogP contribution in [0.3, 0.4) is 0 Å². The largest absolute Gasteiger partial charge is 0.516 e. The van der Waals surface area contributed by atoms with E-state index in [9.17, 15) is 13.2 Å². The van der Waals surface area contributed by atoms with Crippen molar-refractivity contribution >= 4 is 10.8 Å². The van der Waals surface area contributed by atoms with Crippen LogP contribution in [0.1, 0.15) is 5.69 Å². The molecule has 0 aliphatic rings. The Hall–Kier alpha value is -0.800. The van der Waals surface area contributed by atoms with Gasteiger partial charge in [-0.15, -0.1) is 9.19 Å². The van der Waals surface area contributed by atoms with Gasteiger partial charge in [0.25, 0.3) is 0 Å². The summed E-state index contributed by atoms with van der Waals surface area (Å²) < 4.78 is 53.4. The molecule has 1 aromatic rings. The van der Waals surface area contributed by atoms with E-state index >= 15 is 0 Å². The Morgan fingerprint density at radius 3 is 2.31 bits per heavy atom. The highest BCUT2D eigenvalue weighted by Crippen LogP contribution is 2.55. The topological polar surface area (TPSA) is 71.2 Å². The molecule has 0 aromatic carbocycles. The van der Waals surface area contributed by atoms with Crippen molar-refractivity contribution in [3.05, 3.63) is 11.9 Å². The summed E-state index contributed by atoms with van der Waals surface area (Å²) in [5.74, 6) is 0. The smallest absolute Gasteiger partial charge is 0.273 e. The second-order valence-electron chi connectivity index (χ2n) is 2.23. The second-order valence-corrected chi connectivity index (χ2v) is 4.10. The van der Waals surface area contributed by atoms with Crippen LogP contribution in [-0.2, 0) is 0 Å². The van der Waals surface area contributed by atoms with Crippen molar-refractivity contribution in [3.63, 3.8) is 0 Å². The molecule has 0 unspecified atom stereocenters. The first-order valence-electron chi connectivity index (χ1n) is 2.99. The second kappa shape index (κ2) is 2.86. The van der Waals surface area contributed by atoms with Gasteiger partial charge in [-0.1, -0.05) is 0 Å². The van der Waals surface area contributed by atoms with Gasteiger partial charge in [0.15, 0.2) is 0 Å². The molecule has 0 saturated carbocycles. The van der Waals surface area contributed by atoms with Crippen LogP contribution in [0.4, 0.5) is 13.2 Å². The van der Waals surface area contributed by atoms with Gasteiger partial charge >= 0.3 is 5.51 Å². The number of aryl methyl sites for hydroxylation is 1. The van der Waals surface area contributed by atoms with Gasteiger partial charge in [0.05, 0.1) is 11.9 Å². The van der Waals surface area contributed by atoms with Gasteiger partial charge in [-0.05, 0) is 22.9 Å². The maximum Gasteiger partial charge on any atom is 0.516 e. The van der Waals surface area contributed by atoms with E-state index < -0.39 is 16.3 Å². The number of hydrogen-bond donors (Lipinski definition) is 2. The van der Waals surface area contributed by atoms with Gasteiger partial charge in [0.2, 0.25) is 0 Å². The van der Waals surface area contributed by atoms with E-state index in [1.165, 1.54) is 6.92 Å². The zero-order chi connectivity index (χ0) is 10.3. The van der Waals surface area contributed by atoms with E-state index in [2.05, 4.69) is 10.3 Å². The van der Waals surface area contributed by atoms with Crippen LogP contribution >= 0.6 is 10.8 Å². The summed E-state index contributed by atoms with van der Waals surface area (Å²) >= 11 is 0. The molecule has 1 aromatic heterocycles. The normalized spacial score (nSPS) is 14.6. The summed E-state index contributed by atoms with van der Waals surface area (Å²) in [7, 11) is -4.91. The van der Waals surface area contributed by atoms with Crippen LogP contribution in [-0.4, -0.2) is 29.0 Å². The summed E-state index contributed by atoms with van der Waals surface area (Å²) in [6, 6.07) is 0. The van der Waals surface area contributed by atoms with Gasteiger partial charge < -0.3 is 0 Å². The molecule has 0 atom stereocenters. The minimum atomic E-state index is -5.13. The lowest BCUT2D eigenvalue weighted by Gasteiger charge is -2.32. The molecule has 5 nitrogen and oxygen atoms in total. The molecule has 9 heteroatoms. The van der Waals surface area contributed by atoms with Crippen molar-refractivity contribution in [2.24, 2.45) is 0 Å². The fourth-order valence-corrected chi connectivity index (χ4v) is 1.21. The number of hydrogen-bond acceptors (Lipinski definition) is 4. The Kier molecular flexibility index (Phi) is 2.26. The Bertz CT molecular complexity index is 310. The number of halogens is 3. The first-order valence-corrected chi connectivity index (χ1v) is 4.49. The van der Waals surface area contributed by atoms with Crippen LogP contribution in [0.25, 0.3) is 0 Å². The molecule has 13 heavy (non-hydrogen) atoms. The maximum atomic E-state index is 12.0. The predicted molar refractivity (Wildman–Crippen MR) is 39.1 cm³/mol. The van der Waals surface area contributed by atoms with Gasteiger partial charge in [-0.25, -0.2) is 0 Å². The van der Waals surface area contributed by atoms with Gasteiger partial charge in [0.1, 0.15) is 0 Å². The average Bonchev–Trinajstić information content (AvgIpc) is 2.33. The van der Waals surface area contributed by atoms with Crippen LogP contribution < -0.4 is 0 Å². The fourth-order valence-electron chi connectivity index (χ4n) is 0.557. The Morgan fingerprint density at radius 1 is 1.46 bits per heavy atom. The van der Waals surface area contributed by atoms with E-state index in [1.54, 1.807) is 0 Å². The quantitative estimate of drug-likeness (QED) is 0.749. The SMILES string of the molecule is Cc1cn(S(O)(O)C(F)(F)F)nn1. The monoisotopic (exact) mass is 217 g/mol. The van der Waals surface area contributed by atoms with Gasteiger partial charge in [-0.3, -0.25) is 9.11 Å². The summed E-state index contributed by atoms with van der Waals surface area (Å²) in [4.78, 5) is 0. The summed E-state index contributed by atoms with van der Waals surface area (Å²) in [6.07, 6.45) is 0.808. The first-order chi connectivity index (χ1) is 5.75. The van der Waals surface area contributed by atoms with Gasteiger partial charge in [-0.2, -0.15) is 13.2 Å². The molecule has 0 aliphatic carbocycles. The molecular weight excluding hydrogens is 211 g/mol. The standard InChI is InChI=1S/C4H6F3N3O2S/c1-3-2-10(9-8-3)13(11,12)4(5,6)7/h2,11-12H,1H3.